The molecule has 8 heteroatoms. The summed E-state index contributed by atoms with van der Waals surface area (Å²) >= 11 is 7.12. The lowest BCUT2D eigenvalue weighted by atomic mass is 10.3. The van der Waals surface area contributed by atoms with Gasteiger partial charge in [0.15, 0.2) is 5.13 Å². The molecule has 0 aromatic carbocycles. The summed E-state index contributed by atoms with van der Waals surface area (Å²) in [6.07, 6.45) is -4.12. The SMILES string of the molecule is FC(F)(F)CN1CCN(c2nc(Cl)cs2)CC1. The van der Waals surface area contributed by atoms with E-state index in [4.69, 9.17) is 11.6 Å². The molecule has 3 nitrogen and oxygen atoms in total. The van der Waals surface area contributed by atoms with Gasteiger partial charge in [0.2, 0.25) is 0 Å². The molecule has 0 aliphatic carbocycles. The largest absolute Gasteiger partial charge is 0.401 e. The fraction of sp³-hybridized carbons (Fsp3) is 0.667. The molecule has 1 fully saturated rings. The highest BCUT2D eigenvalue weighted by molar-refractivity contribution is 7.14. The molecule has 0 radical (unpaired) electrons. The molecular formula is C9H11ClF3N3S. The number of alkyl halides is 3. The van der Waals surface area contributed by atoms with Crippen LogP contribution in [-0.4, -0.2) is 48.8 Å². The summed E-state index contributed by atoms with van der Waals surface area (Å²) in [6.45, 7) is 1.08. The van der Waals surface area contributed by atoms with E-state index in [2.05, 4.69) is 4.98 Å². The maximum Gasteiger partial charge on any atom is 0.401 e. The third-order valence-electron chi connectivity index (χ3n) is 2.51. The molecule has 0 amide bonds. The number of piperazine rings is 1. The number of hydrogen-bond donors (Lipinski definition) is 0. The van der Waals surface area contributed by atoms with E-state index in [9.17, 15) is 13.2 Å². The molecule has 0 spiro atoms. The van der Waals surface area contributed by atoms with Gasteiger partial charge in [-0.2, -0.15) is 13.2 Å². The minimum absolute atomic E-state index is 0.400. The Kier molecular flexibility index (Phi) is 3.79. The molecule has 1 aromatic rings. The van der Waals surface area contributed by atoms with Gasteiger partial charge in [-0.25, -0.2) is 4.98 Å². The fourth-order valence-electron chi connectivity index (χ4n) is 1.74. The van der Waals surface area contributed by atoms with Crippen molar-refractivity contribution < 1.29 is 13.2 Å². The highest BCUT2D eigenvalue weighted by Gasteiger charge is 2.32. The number of halogens is 4. The molecule has 1 aliphatic rings. The van der Waals surface area contributed by atoms with Gasteiger partial charge in [-0.15, -0.1) is 11.3 Å². The summed E-state index contributed by atoms with van der Waals surface area (Å²) in [7, 11) is 0. The highest BCUT2D eigenvalue weighted by atomic mass is 35.5. The van der Waals surface area contributed by atoms with E-state index in [1.54, 1.807) is 5.38 Å². The summed E-state index contributed by atoms with van der Waals surface area (Å²) in [4.78, 5) is 7.47. The van der Waals surface area contributed by atoms with E-state index in [0.717, 1.165) is 5.13 Å². The normalized spacial score (nSPS) is 18.7. The number of hydrogen-bond acceptors (Lipinski definition) is 4. The Hall–Kier alpha value is -0.530. The predicted octanol–water partition coefficient (Wildman–Crippen LogP) is 2.48. The topological polar surface area (TPSA) is 19.4 Å². The van der Waals surface area contributed by atoms with Gasteiger partial charge < -0.3 is 4.90 Å². The van der Waals surface area contributed by atoms with E-state index in [0.29, 0.717) is 31.3 Å². The fourth-order valence-corrected chi connectivity index (χ4v) is 2.74. The summed E-state index contributed by atoms with van der Waals surface area (Å²) in [5.74, 6) is 0. The monoisotopic (exact) mass is 285 g/mol. The molecule has 1 aliphatic heterocycles. The van der Waals surface area contributed by atoms with E-state index in [1.807, 2.05) is 4.90 Å². The van der Waals surface area contributed by atoms with Gasteiger partial charge in [0, 0.05) is 31.6 Å². The standard InChI is InChI=1S/C9H11ClF3N3S/c10-7-5-17-8(14-7)16-3-1-15(2-4-16)6-9(11,12)13/h5H,1-4,6H2. The van der Waals surface area contributed by atoms with Gasteiger partial charge in [0.05, 0.1) is 6.54 Å². The Bertz CT molecular complexity index is 374. The molecule has 0 saturated carbocycles. The average Bonchev–Trinajstić information content (AvgIpc) is 2.63. The van der Waals surface area contributed by atoms with E-state index in [-0.39, 0.29) is 0 Å². The number of anilines is 1. The Morgan fingerprint density at radius 3 is 2.41 bits per heavy atom. The van der Waals surface area contributed by atoms with Crippen LogP contribution in [0.1, 0.15) is 0 Å². The molecule has 0 bridgehead atoms. The quantitative estimate of drug-likeness (QED) is 0.832. The Balaban J connectivity index is 1.86. The van der Waals surface area contributed by atoms with Crippen LogP contribution in [0.25, 0.3) is 0 Å². The Morgan fingerprint density at radius 2 is 1.94 bits per heavy atom. The summed E-state index contributed by atoms with van der Waals surface area (Å²) in [6, 6.07) is 0. The van der Waals surface area contributed by atoms with E-state index >= 15 is 0 Å². The maximum absolute atomic E-state index is 12.2. The van der Waals surface area contributed by atoms with Crippen LogP contribution in [0.15, 0.2) is 5.38 Å². The summed E-state index contributed by atoms with van der Waals surface area (Å²) in [5, 5.41) is 2.93. The molecule has 1 aromatic heterocycles. The van der Waals surface area contributed by atoms with Crippen molar-refractivity contribution >= 4 is 28.1 Å². The minimum Gasteiger partial charge on any atom is -0.345 e. The molecule has 0 atom stereocenters. The number of thiazole rings is 1. The average molecular weight is 286 g/mol. The lowest BCUT2D eigenvalue weighted by Crippen LogP contribution is -2.49. The number of nitrogens with zero attached hydrogens (tertiary/aromatic N) is 3. The first-order valence-corrected chi connectivity index (χ1v) is 6.35. The highest BCUT2D eigenvalue weighted by Crippen LogP contribution is 2.25. The molecular weight excluding hydrogens is 275 g/mol. The van der Waals surface area contributed by atoms with Gasteiger partial charge in [-0.1, -0.05) is 11.6 Å². The van der Waals surface area contributed by atoms with Gasteiger partial charge in [0.1, 0.15) is 5.15 Å². The van der Waals surface area contributed by atoms with Crippen LogP contribution in [0.3, 0.4) is 0 Å². The van der Waals surface area contributed by atoms with Gasteiger partial charge in [-0.3, -0.25) is 4.90 Å². The lowest BCUT2D eigenvalue weighted by molar-refractivity contribution is -0.146. The third kappa shape index (κ3) is 3.72. The minimum atomic E-state index is -4.12. The Labute approximate surface area is 106 Å². The van der Waals surface area contributed by atoms with Crippen LogP contribution < -0.4 is 4.90 Å². The van der Waals surface area contributed by atoms with Crippen LogP contribution in [0, 0.1) is 0 Å². The zero-order valence-corrected chi connectivity index (χ0v) is 10.4. The van der Waals surface area contributed by atoms with Crippen molar-refractivity contribution in [3.63, 3.8) is 0 Å². The van der Waals surface area contributed by atoms with Crippen LogP contribution in [-0.2, 0) is 0 Å². The van der Waals surface area contributed by atoms with Gasteiger partial charge >= 0.3 is 6.18 Å². The molecule has 96 valence electrons. The van der Waals surface area contributed by atoms with Crippen molar-refractivity contribution in [2.75, 3.05) is 37.6 Å². The first-order chi connectivity index (χ1) is 7.94. The van der Waals surface area contributed by atoms with Crippen LogP contribution >= 0.6 is 22.9 Å². The molecule has 2 rings (SSSR count). The smallest absolute Gasteiger partial charge is 0.345 e. The lowest BCUT2D eigenvalue weighted by Gasteiger charge is -2.34. The predicted molar refractivity (Wildman–Crippen MR) is 61.8 cm³/mol. The van der Waals surface area contributed by atoms with Crippen molar-refractivity contribution in [1.29, 1.82) is 0 Å². The zero-order chi connectivity index (χ0) is 12.5. The summed E-state index contributed by atoms with van der Waals surface area (Å²) in [5.41, 5.74) is 0. The molecule has 0 unspecified atom stereocenters. The maximum atomic E-state index is 12.2. The number of rotatable bonds is 2. The first kappa shape index (κ1) is 12.9. The van der Waals surface area contributed by atoms with E-state index in [1.165, 1.54) is 16.2 Å². The second-order valence-corrected chi connectivity index (χ2v) is 5.05. The van der Waals surface area contributed by atoms with Crippen LogP contribution in [0.2, 0.25) is 5.15 Å². The summed E-state index contributed by atoms with van der Waals surface area (Å²) < 4.78 is 36.5. The van der Waals surface area contributed by atoms with Crippen molar-refractivity contribution in [2.45, 2.75) is 6.18 Å². The van der Waals surface area contributed by atoms with Crippen LogP contribution in [0.5, 0.6) is 0 Å². The van der Waals surface area contributed by atoms with Crippen molar-refractivity contribution in [1.82, 2.24) is 9.88 Å². The van der Waals surface area contributed by atoms with Gasteiger partial charge in [0.25, 0.3) is 0 Å². The van der Waals surface area contributed by atoms with Gasteiger partial charge in [-0.05, 0) is 0 Å². The third-order valence-corrected chi connectivity index (χ3v) is 3.73. The van der Waals surface area contributed by atoms with Crippen molar-refractivity contribution in [3.05, 3.63) is 10.5 Å². The van der Waals surface area contributed by atoms with Crippen LogP contribution in [0.4, 0.5) is 18.3 Å². The molecule has 2 heterocycles. The first-order valence-electron chi connectivity index (χ1n) is 5.09. The molecule has 1 saturated heterocycles. The van der Waals surface area contributed by atoms with Crippen molar-refractivity contribution in [2.24, 2.45) is 0 Å². The van der Waals surface area contributed by atoms with E-state index < -0.39 is 12.7 Å². The second kappa shape index (κ2) is 4.99. The second-order valence-electron chi connectivity index (χ2n) is 3.83. The van der Waals surface area contributed by atoms with Crippen molar-refractivity contribution in [3.8, 4) is 0 Å². The zero-order valence-electron chi connectivity index (χ0n) is 8.87. The molecule has 0 N–H and O–H groups in total. The number of aromatic nitrogens is 1. The Morgan fingerprint density at radius 1 is 1.29 bits per heavy atom. The molecule has 17 heavy (non-hydrogen) atoms.